The fourth-order valence-corrected chi connectivity index (χ4v) is 3.80. The molecule has 32 heavy (non-hydrogen) atoms. The van der Waals surface area contributed by atoms with Gasteiger partial charge in [0.15, 0.2) is 0 Å². The number of ether oxygens (including phenoxy) is 1. The third-order valence-electron chi connectivity index (χ3n) is 5.49. The molecular formula is C22H23F3N6O. The van der Waals surface area contributed by atoms with Crippen LogP contribution in [0, 0.1) is 6.92 Å². The van der Waals surface area contributed by atoms with Crippen molar-refractivity contribution in [1.29, 1.82) is 0 Å². The zero-order valence-electron chi connectivity index (χ0n) is 17.9. The molecule has 4 rings (SSSR count). The number of morpholine rings is 1. The Kier molecular flexibility index (Phi) is 5.96. The largest absolute Gasteiger partial charge is 0.433 e. The molecule has 1 atom stereocenters. The number of H-pyrrole nitrogens is 1. The van der Waals surface area contributed by atoms with Crippen molar-refractivity contribution in [3.63, 3.8) is 0 Å². The number of aliphatic imine (C=N–C) groups is 1. The minimum atomic E-state index is -4.49. The number of hydrogen-bond donors (Lipinski definition) is 1. The maximum Gasteiger partial charge on any atom is 0.433 e. The van der Waals surface area contributed by atoms with E-state index in [1.165, 1.54) is 12.3 Å². The Balaban J connectivity index is 1.88. The van der Waals surface area contributed by atoms with E-state index in [0.717, 1.165) is 17.2 Å². The number of halogens is 3. The predicted octanol–water partition coefficient (Wildman–Crippen LogP) is 3.89. The van der Waals surface area contributed by atoms with Crippen LogP contribution in [0.3, 0.4) is 0 Å². The lowest BCUT2D eigenvalue weighted by molar-refractivity contribution is -0.141. The van der Waals surface area contributed by atoms with E-state index in [-0.39, 0.29) is 6.04 Å². The molecule has 7 nitrogen and oxygen atoms in total. The number of rotatable bonds is 4. The number of hydrogen-bond acceptors (Lipinski definition) is 6. The van der Waals surface area contributed by atoms with Gasteiger partial charge in [-0.05, 0) is 43.2 Å². The molecule has 1 aliphatic heterocycles. The number of anilines is 1. The molecule has 3 aromatic rings. The fourth-order valence-electron chi connectivity index (χ4n) is 3.80. The monoisotopic (exact) mass is 444 g/mol. The maximum atomic E-state index is 13.0. The van der Waals surface area contributed by atoms with Crippen LogP contribution in [-0.2, 0) is 10.9 Å². The Morgan fingerprint density at radius 3 is 2.69 bits per heavy atom. The predicted molar refractivity (Wildman–Crippen MR) is 115 cm³/mol. The molecule has 168 valence electrons. The number of alkyl halides is 3. The minimum absolute atomic E-state index is 0.0968. The molecule has 1 fully saturated rings. The summed E-state index contributed by atoms with van der Waals surface area (Å²) >= 11 is 0. The van der Waals surface area contributed by atoms with Crippen LogP contribution < -0.4 is 4.90 Å². The van der Waals surface area contributed by atoms with Gasteiger partial charge in [-0.2, -0.15) is 18.3 Å². The molecule has 0 radical (unpaired) electrons. The summed E-state index contributed by atoms with van der Waals surface area (Å²) in [6, 6.07) is 6.22. The topological polar surface area (TPSA) is 79.3 Å². The summed E-state index contributed by atoms with van der Waals surface area (Å²) in [4.78, 5) is 15.1. The van der Waals surface area contributed by atoms with Crippen LogP contribution in [0.1, 0.15) is 29.6 Å². The van der Waals surface area contributed by atoms with E-state index < -0.39 is 11.9 Å². The van der Waals surface area contributed by atoms with Gasteiger partial charge in [0.05, 0.1) is 30.6 Å². The van der Waals surface area contributed by atoms with E-state index in [2.05, 4.69) is 25.1 Å². The number of aromatic nitrogens is 4. The molecule has 0 amide bonds. The Bertz CT molecular complexity index is 1110. The van der Waals surface area contributed by atoms with Crippen molar-refractivity contribution in [3.05, 3.63) is 59.3 Å². The highest BCUT2D eigenvalue weighted by molar-refractivity contribution is 6.12. The third-order valence-corrected chi connectivity index (χ3v) is 5.49. The van der Waals surface area contributed by atoms with Crippen molar-refractivity contribution in [2.75, 3.05) is 31.7 Å². The van der Waals surface area contributed by atoms with Gasteiger partial charge in [0.25, 0.3) is 0 Å². The van der Waals surface area contributed by atoms with E-state index in [1.807, 2.05) is 19.9 Å². The quantitative estimate of drug-likeness (QED) is 0.618. The first kappa shape index (κ1) is 21.9. The van der Waals surface area contributed by atoms with E-state index in [1.54, 1.807) is 19.3 Å². The van der Waals surface area contributed by atoms with Crippen LogP contribution in [-0.4, -0.2) is 58.7 Å². The molecule has 10 heteroatoms. The van der Waals surface area contributed by atoms with Crippen LogP contribution >= 0.6 is 0 Å². The Morgan fingerprint density at radius 1 is 1.28 bits per heavy atom. The highest BCUT2D eigenvalue weighted by Gasteiger charge is 2.32. The summed E-state index contributed by atoms with van der Waals surface area (Å²) in [5.41, 5.74) is 3.11. The van der Waals surface area contributed by atoms with Crippen molar-refractivity contribution in [3.8, 4) is 11.1 Å². The van der Waals surface area contributed by atoms with E-state index in [9.17, 15) is 13.2 Å². The normalized spacial score (nSPS) is 17.6. The summed E-state index contributed by atoms with van der Waals surface area (Å²) in [5.74, 6) is 0.706. The first-order chi connectivity index (χ1) is 15.3. The van der Waals surface area contributed by atoms with Crippen molar-refractivity contribution in [2.24, 2.45) is 4.99 Å². The number of nitrogens with one attached hydrogen (secondary N) is 1. The lowest BCUT2D eigenvalue weighted by Crippen LogP contribution is -2.44. The highest BCUT2D eigenvalue weighted by atomic mass is 19.4. The number of pyridine rings is 2. The molecule has 0 aromatic carbocycles. The van der Waals surface area contributed by atoms with Crippen molar-refractivity contribution in [2.45, 2.75) is 26.1 Å². The second kappa shape index (κ2) is 8.70. The van der Waals surface area contributed by atoms with Crippen molar-refractivity contribution >= 4 is 11.5 Å². The first-order valence-corrected chi connectivity index (χ1v) is 10.2. The van der Waals surface area contributed by atoms with Crippen molar-refractivity contribution in [1.82, 2.24) is 20.2 Å². The Morgan fingerprint density at radius 2 is 2.09 bits per heavy atom. The Labute approximate surface area is 183 Å². The van der Waals surface area contributed by atoms with E-state index in [0.29, 0.717) is 48.2 Å². The average molecular weight is 444 g/mol. The molecule has 1 saturated heterocycles. The second-order valence-corrected chi connectivity index (χ2v) is 7.59. The van der Waals surface area contributed by atoms with Crippen LogP contribution in [0.2, 0.25) is 0 Å². The smallest absolute Gasteiger partial charge is 0.377 e. The Hall–Kier alpha value is -3.27. The van der Waals surface area contributed by atoms with Gasteiger partial charge in [-0.15, -0.1) is 0 Å². The van der Waals surface area contributed by atoms with Gasteiger partial charge in [0, 0.05) is 31.5 Å². The SMILES string of the molecule is CN=C(c1ccn[nH]1)c1nc(N2CCOCC2C)cc(-c2ccc(C(F)(F)F)nc2)c1C. The van der Waals surface area contributed by atoms with Gasteiger partial charge < -0.3 is 9.64 Å². The molecule has 1 aliphatic rings. The molecule has 0 aliphatic carbocycles. The summed E-state index contributed by atoms with van der Waals surface area (Å²) in [6.07, 6.45) is -1.61. The molecule has 0 spiro atoms. The van der Waals surface area contributed by atoms with Crippen LogP contribution in [0.5, 0.6) is 0 Å². The van der Waals surface area contributed by atoms with Crippen LogP contribution in [0.15, 0.2) is 41.7 Å². The molecule has 1 unspecified atom stereocenters. The molecule has 1 N–H and O–H groups in total. The standard InChI is InChI=1S/C22H23F3N6O/c1-13-12-32-9-8-31(13)19-10-16(15-4-5-18(27-11-15)22(23,24)25)14(2)20(29-19)21(26-3)17-6-7-28-30-17/h4-7,10-11,13H,8-9,12H2,1-3H3,(H,28,30). The van der Waals surface area contributed by atoms with Gasteiger partial charge >= 0.3 is 6.18 Å². The van der Waals surface area contributed by atoms with Gasteiger partial charge in [0.1, 0.15) is 17.2 Å². The molecule has 0 saturated carbocycles. The average Bonchev–Trinajstić information content (AvgIpc) is 3.30. The number of nitrogens with zero attached hydrogens (tertiary/aromatic N) is 5. The van der Waals surface area contributed by atoms with Gasteiger partial charge in [-0.3, -0.25) is 15.1 Å². The summed E-state index contributed by atoms with van der Waals surface area (Å²) in [5, 5.41) is 6.92. The lowest BCUT2D eigenvalue weighted by Gasteiger charge is -2.35. The van der Waals surface area contributed by atoms with E-state index in [4.69, 9.17) is 9.72 Å². The van der Waals surface area contributed by atoms with Gasteiger partial charge in [-0.1, -0.05) is 6.07 Å². The molecule has 3 aromatic heterocycles. The fraction of sp³-hybridized carbons (Fsp3) is 0.364. The second-order valence-electron chi connectivity index (χ2n) is 7.59. The first-order valence-electron chi connectivity index (χ1n) is 10.2. The maximum absolute atomic E-state index is 13.0. The van der Waals surface area contributed by atoms with Crippen molar-refractivity contribution < 1.29 is 17.9 Å². The summed E-state index contributed by atoms with van der Waals surface area (Å²) < 4.78 is 44.6. The lowest BCUT2D eigenvalue weighted by atomic mass is 9.97. The number of aromatic amines is 1. The third kappa shape index (κ3) is 4.22. The zero-order chi connectivity index (χ0) is 22.9. The summed E-state index contributed by atoms with van der Waals surface area (Å²) in [7, 11) is 1.67. The zero-order valence-corrected chi connectivity index (χ0v) is 17.9. The van der Waals surface area contributed by atoms with Crippen LogP contribution in [0.25, 0.3) is 11.1 Å². The van der Waals surface area contributed by atoms with E-state index >= 15 is 0 Å². The minimum Gasteiger partial charge on any atom is -0.377 e. The summed E-state index contributed by atoms with van der Waals surface area (Å²) in [6.45, 7) is 5.72. The molecule has 4 heterocycles. The van der Waals surface area contributed by atoms with Gasteiger partial charge in [0.2, 0.25) is 0 Å². The molecule has 0 bridgehead atoms. The highest BCUT2D eigenvalue weighted by Crippen LogP contribution is 2.33. The van der Waals surface area contributed by atoms with Crippen LogP contribution in [0.4, 0.5) is 19.0 Å². The molecular weight excluding hydrogens is 421 g/mol. The van der Waals surface area contributed by atoms with Gasteiger partial charge in [-0.25, -0.2) is 4.98 Å².